The van der Waals surface area contributed by atoms with E-state index < -0.39 is 14.6 Å². The second kappa shape index (κ2) is 4.25. The molecule has 88 valence electrons. The van der Waals surface area contributed by atoms with Crippen LogP contribution in [0.4, 0.5) is 0 Å². The maximum atomic E-state index is 12.1. The lowest BCUT2D eigenvalue weighted by atomic mass is 10.2. The van der Waals surface area contributed by atoms with Crippen molar-refractivity contribution in [2.24, 2.45) is 0 Å². The zero-order valence-corrected chi connectivity index (χ0v) is 10.2. The third kappa shape index (κ3) is 2.09. The van der Waals surface area contributed by atoms with Crippen molar-refractivity contribution in [3.63, 3.8) is 0 Å². The van der Waals surface area contributed by atoms with Crippen molar-refractivity contribution in [2.45, 2.75) is 23.5 Å². The summed E-state index contributed by atoms with van der Waals surface area (Å²) in [6.07, 6.45) is 0.432. The first-order valence-corrected chi connectivity index (χ1v) is 6.18. The highest BCUT2D eigenvalue weighted by molar-refractivity contribution is 7.93. The molecule has 0 spiro atoms. The van der Waals surface area contributed by atoms with E-state index in [1.807, 2.05) is 0 Å². The molecule has 4 nitrogen and oxygen atoms in total. The second-order valence-electron chi connectivity index (χ2n) is 3.90. The highest BCUT2D eigenvalue weighted by Crippen LogP contribution is 2.26. The second-order valence-corrected chi connectivity index (χ2v) is 6.43. The number of hydrogen-bond acceptors (Lipinski definition) is 4. The van der Waals surface area contributed by atoms with E-state index in [0.717, 1.165) is 0 Å². The Bertz CT molecular complexity index is 488. The maximum absolute atomic E-state index is 12.1. The number of hydrogen-bond donors (Lipinski definition) is 0. The van der Waals surface area contributed by atoms with Gasteiger partial charge in [-0.3, -0.25) is 0 Å². The molecule has 16 heavy (non-hydrogen) atoms. The Kier molecular flexibility index (Phi) is 3.38. The van der Waals surface area contributed by atoms with Gasteiger partial charge < -0.3 is 9.53 Å². The molecule has 1 aromatic carbocycles. The van der Waals surface area contributed by atoms with Gasteiger partial charge in [-0.25, -0.2) is 8.42 Å². The molecule has 0 radical (unpaired) electrons. The van der Waals surface area contributed by atoms with E-state index in [2.05, 4.69) is 0 Å². The Morgan fingerprint density at radius 1 is 1.31 bits per heavy atom. The van der Waals surface area contributed by atoms with Gasteiger partial charge in [-0.05, 0) is 32.0 Å². The standard InChI is InChI=1S/C11H14O4S/c1-11(2,8-12)16(13,14)10-6-4-5-9(7-10)15-3/h4-8H,1-3H3. The number of methoxy groups -OCH3 is 1. The van der Waals surface area contributed by atoms with Crippen LogP contribution in [-0.4, -0.2) is 26.6 Å². The van der Waals surface area contributed by atoms with Crippen molar-refractivity contribution < 1.29 is 17.9 Å². The predicted octanol–water partition coefficient (Wildman–Crippen LogP) is 1.45. The number of carbonyl (C=O) groups excluding carboxylic acids is 1. The average Bonchev–Trinajstić information content (AvgIpc) is 2.28. The van der Waals surface area contributed by atoms with E-state index in [1.165, 1.54) is 33.1 Å². The third-order valence-electron chi connectivity index (χ3n) is 2.33. The summed E-state index contributed by atoms with van der Waals surface area (Å²) in [5, 5.41) is 0. The van der Waals surface area contributed by atoms with Crippen molar-refractivity contribution in [2.75, 3.05) is 7.11 Å². The molecule has 0 amide bonds. The van der Waals surface area contributed by atoms with E-state index in [9.17, 15) is 13.2 Å². The third-order valence-corrected chi connectivity index (χ3v) is 4.68. The van der Waals surface area contributed by atoms with Crippen LogP contribution in [0.3, 0.4) is 0 Å². The number of carbonyl (C=O) groups is 1. The zero-order valence-electron chi connectivity index (χ0n) is 9.43. The summed E-state index contributed by atoms with van der Waals surface area (Å²) in [5.41, 5.74) is 0. The van der Waals surface area contributed by atoms with Gasteiger partial charge in [0.15, 0.2) is 9.84 Å². The van der Waals surface area contributed by atoms with E-state index >= 15 is 0 Å². The van der Waals surface area contributed by atoms with Crippen molar-refractivity contribution in [1.29, 1.82) is 0 Å². The first-order chi connectivity index (χ1) is 7.35. The maximum Gasteiger partial charge on any atom is 0.190 e. The highest BCUT2D eigenvalue weighted by atomic mass is 32.2. The van der Waals surface area contributed by atoms with Gasteiger partial charge in [0.05, 0.1) is 12.0 Å². The minimum Gasteiger partial charge on any atom is -0.497 e. The molecule has 0 aromatic heterocycles. The molecule has 0 fully saturated rings. The monoisotopic (exact) mass is 242 g/mol. The van der Waals surface area contributed by atoms with Gasteiger partial charge >= 0.3 is 0 Å². The van der Waals surface area contributed by atoms with Gasteiger partial charge in [-0.1, -0.05) is 6.07 Å². The Morgan fingerprint density at radius 3 is 2.44 bits per heavy atom. The van der Waals surface area contributed by atoms with E-state index in [0.29, 0.717) is 12.0 Å². The number of ether oxygens (including phenoxy) is 1. The zero-order chi connectivity index (χ0) is 12.4. The van der Waals surface area contributed by atoms with Gasteiger partial charge in [0, 0.05) is 0 Å². The molecule has 0 aliphatic rings. The topological polar surface area (TPSA) is 60.4 Å². The van der Waals surface area contributed by atoms with Crippen LogP contribution in [0, 0.1) is 0 Å². The number of aldehydes is 1. The Hall–Kier alpha value is -1.36. The SMILES string of the molecule is COc1cccc(S(=O)(=O)C(C)(C)C=O)c1. The summed E-state index contributed by atoms with van der Waals surface area (Å²) in [6, 6.07) is 6.07. The van der Waals surface area contributed by atoms with E-state index in [1.54, 1.807) is 12.1 Å². The lowest BCUT2D eigenvalue weighted by molar-refractivity contribution is -0.109. The Labute approximate surface area is 95.2 Å². The minimum atomic E-state index is -3.67. The largest absolute Gasteiger partial charge is 0.497 e. The summed E-state index contributed by atoms with van der Waals surface area (Å²) in [6.45, 7) is 2.74. The molecule has 0 saturated carbocycles. The van der Waals surface area contributed by atoms with Gasteiger partial charge in [-0.15, -0.1) is 0 Å². The molecule has 1 rings (SSSR count). The van der Waals surface area contributed by atoms with E-state index in [-0.39, 0.29) is 4.90 Å². The lowest BCUT2D eigenvalue weighted by Crippen LogP contribution is -2.33. The minimum absolute atomic E-state index is 0.0870. The first kappa shape index (κ1) is 12.7. The van der Waals surface area contributed by atoms with Crippen molar-refractivity contribution >= 4 is 16.1 Å². The first-order valence-electron chi connectivity index (χ1n) is 4.70. The molecule has 0 aliphatic heterocycles. The molecular formula is C11H14O4S. The van der Waals surface area contributed by atoms with Crippen LogP contribution in [-0.2, 0) is 14.6 Å². The number of rotatable bonds is 4. The quantitative estimate of drug-likeness (QED) is 0.750. The molecule has 5 heteroatoms. The van der Waals surface area contributed by atoms with Crippen LogP contribution in [0.2, 0.25) is 0 Å². The van der Waals surface area contributed by atoms with Crippen LogP contribution < -0.4 is 4.74 Å². The van der Waals surface area contributed by atoms with Crippen LogP contribution in [0.15, 0.2) is 29.2 Å². The molecular weight excluding hydrogens is 228 g/mol. The molecule has 0 bridgehead atoms. The average molecular weight is 242 g/mol. The van der Waals surface area contributed by atoms with Crippen LogP contribution in [0.5, 0.6) is 5.75 Å². The van der Waals surface area contributed by atoms with Crippen LogP contribution in [0.25, 0.3) is 0 Å². The summed E-state index contributed by atoms with van der Waals surface area (Å²) in [7, 11) is -2.21. The summed E-state index contributed by atoms with van der Waals surface area (Å²) in [4.78, 5) is 10.9. The lowest BCUT2D eigenvalue weighted by Gasteiger charge is -2.18. The van der Waals surface area contributed by atoms with Crippen LogP contribution >= 0.6 is 0 Å². The molecule has 0 heterocycles. The molecule has 1 aromatic rings. The smallest absolute Gasteiger partial charge is 0.190 e. The van der Waals surface area contributed by atoms with Gasteiger partial charge in [0.25, 0.3) is 0 Å². The Balaban J connectivity index is 3.33. The summed E-state index contributed by atoms with van der Waals surface area (Å²) in [5.74, 6) is 0.447. The van der Waals surface area contributed by atoms with E-state index in [4.69, 9.17) is 4.74 Å². The fourth-order valence-electron chi connectivity index (χ4n) is 1.14. The fourth-order valence-corrected chi connectivity index (χ4v) is 2.40. The molecule has 0 atom stereocenters. The van der Waals surface area contributed by atoms with Gasteiger partial charge in [-0.2, -0.15) is 0 Å². The molecule has 0 N–H and O–H groups in total. The number of sulfone groups is 1. The fraction of sp³-hybridized carbons (Fsp3) is 0.364. The molecule has 0 saturated heterocycles. The number of benzene rings is 1. The summed E-state index contributed by atoms with van der Waals surface area (Å²) >= 11 is 0. The van der Waals surface area contributed by atoms with Crippen molar-refractivity contribution in [3.8, 4) is 5.75 Å². The van der Waals surface area contributed by atoms with Crippen LogP contribution in [0.1, 0.15) is 13.8 Å². The highest BCUT2D eigenvalue weighted by Gasteiger charge is 2.35. The molecule has 0 unspecified atom stereocenters. The molecule has 0 aliphatic carbocycles. The van der Waals surface area contributed by atoms with Crippen molar-refractivity contribution in [1.82, 2.24) is 0 Å². The van der Waals surface area contributed by atoms with Crippen molar-refractivity contribution in [3.05, 3.63) is 24.3 Å². The predicted molar refractivity (Wildman–Crippen MR) is 60.3 cm³/mol. The van der Waals surface area contributed by atoms with Gasteiger partial charge in [0.1, 0.15) is 16.8 Å². The normalized spacial score (nSPS) is 12.2. The van der Waals surface area contributed by atoms with Gasteiger partial charge in [0.2, 0.25) is 0 Å². The Morgan fingerprint density at radius 2 is 1.94 bits per heavy atom. The summed E-state index contributed by atoms with van der Waals surface area (Å²) < 4.78 is 27.6.